The van der Waals surface area contributed by atoms with E-state index in [2.05, 4.69) is 11.5 Å². The summed E-state index contributed by atoms with van der Waals surface area (Å²) in [6.45, 7) is 2.67. The van der Waals surface area contributed by atoms with E-state index < -0.39 is 10.4 Å². The molecule has 0 aliphatic heterocycles. The number of hydrogen-bond acceptors (Lipinski definition) is 2. The van der Waals surface area contributed by atoms with Gasteiger partial charge in [-0.2, -0.15) is 13.2 Å². The third kappa shape index (κ3) is 169. The molecule has 2 N–H and O–H groups in total. The van der Waals surface area contributed by atoms with Crippen LogP contribution < -0.4 is 0 Å². The second-order valence-corrected chi connectivity index (χ2v) is 1.48. The number of rotatable bonds is 0. The zero-order valence-corrected chi connectivity index (χ0v) is 4.54. The molecule has 0 fully saturated rings. The van der Waals surface area contributed by atoms with Crippen LogP contribution in [0, 0.1) is 0 Å². The van der Waals surface area contributed by atoms with E-state index in [1.807, 2.05) is 0 Å². The Morgan fingerprint density at radius 3 is 1.50 bits per heavy atom. The van der Waals surface area contributed by atoms with Gasteiger partial charge in [-0.15, -0.1) is 0 Å². The highest BCUT2D eigenvalue weighted by molar-refractivity contribution is 7.79. The molecule has 0 saturated heterocycles. The Labute approximate surface area is 46.0 Å². The zero-order valence-electron chi connectivity index (χ0n) is 3.72. The Bertz CT molecular complexity index is 154. The van der Waals surface area contributed by atoms with Crippen LogP contribution in [0.3, 0.4) is 0 Å². The first-order valence-electron chi connectivity index (χ1n) is 1.21. The highest BCUT2D eigenvalue weighted by Crippen LogP contribution is 1.59. The van der Waals surface area contributed by atoms with Gasteiger partial charge in [-0.3, -0.25) is 9.11 Å². The summed E-state index contributed by atoms with van der Waals surface area (Å²) < 4.78 is 31.6. The molecule has 0 spiro atoms. The van der Waals surface area contributed by atoms with Gasteiger partial charge in [-0.1, -0.05) is 0 Å². The fourth-order valence-corrected chi connectivity index (χ4v) is 0. The van der Waals surface area contributed by atoms with Gasteiger partial charge in [0, 0.05) is 0 Å². The van der Waals surface area contributed by atoms with Crippen molar-refractivity contribution >= 4 is 17.1 Å². The van der Waals surface area contributed by atoms with Crippen molar-refractivity contribution in [3.05, 3.63) is 5.53 Å². The molecule has 0 bridgehead atoms. The van der Waals surface area contributed by atoms with Crippen LogP contribution in [0.25, 0.3) is 5.53 Å². The maximum absolute atomic E-state index is 8.74. The van der Waals surface area contributed by atoms with E-state index in [9.17, 15) is 0 Å². The van der Waals surface area contributed by atoms with Crippen LogP contribution in [0.5, 0.6) is 0 Å². The molecule has 0 atom stereocenters. The van der Waals surface area contributed by atoms with E-state index in [0.29, 0.717) is 0 Å². The van der Waals surface area contributed by atoms with Gasteiger partial charge in [-0.05, 0) is 0 Å². The van der Waals surface area contributed by atoms with Gasteiger partial charge >= 0.3 is 10.4 Å². The lowest BCUT2D eigenvalue weighted by molar-refractivity contribution is 0.0110. The third-order valence-corrected chi connectivity index (χ3v) is 0. The minimum absolute atomic E-state index is 2.25. The van der Waals surface area contributed by atoms with E-state index in [0.717, 1.165) is 0 Å². The van der Waals surface area contributed by atoms with Gasteiger partial charge in [0.15, 0.2) is 0 Å². The molecule has 0 aromatic carbocycles. The van der Waals surface area contributed by atoms with Gasteiger partial charge < -0.3 is 5.53 Å². The van der Waals surface area contributed by atoms with Crippen LogP contribution in [0.15, 0.2) is 0 Å². The van der Waals surface area contributed by atoms with E-state index in [4.69, 9.17) is 23.1 Å². The molecule has 0 heterocycles. The summed E-state index contributed by atoms with van der Waals surface area (Å²) in [4.78, 5) is 2.25. The summed E-state index contributed by atoms with van der Waals surface area (Å²) in [5.41, 5.74) is 7.08. The van der Waals surface area contributed by atoms with Crippen molar-refractivity contribution in [1.29, 1.82) is 0 Å². The molecular weight excluding hydrogens is 136 g/mol. The smallest absolute Gasteiger partial charge is 0.362 e. The Morgan fingerprint density at radius 2 is 1.50 bits per heavy atom. The third-order valence-electron chi connectivity index (χ3n) is 0. The molecular formula is CH4N2O4S. The first kappa shape index (κ1) is 10.3. The van der Waals surface area contributed by atoms with Crippen LogP contribution in [0.2, 0.25) is 0 Å². The molecule has 0 rings (SSSR count). The molecule has 0 saturated carbocycles. The predicted octanol–water partition coefficient (Wildman–Crippen LogP) is -0.736. The van der Waals surface area contributed by atoms with Crippen molar-refractivity contribution in [2.24, 2.45) is 0 Å². The molecule has 0 aliphatic rings. The standard InChI is InChI=1S/CH2N2.H2O4S/c1-3-2;1-5(2,3)4/h1H2;(H2,1,2,3,4). The number of nitrogens with zero attached hydrogens (tertiary/aromatic N) is 2. The average Bonchev–Trinajstić information content (AvgIpc) is 1.27. The largest absolute Gasteiger partial charge is 0.394 e. The van der Waals surface area contributed by atoms with E-state index >= 15 is 0 Å². The fraction of sp³-hybridized carbons (Fsp3) is 0. The zero-order chi connectivity index (χ0) is 7.21. The van der Waals surface area contributed by atoms with E-state index in [1.54, 1.807) is 0 Å². The van der Waals surface area contributed by atoms with Crippen LogP contribution >= 0.6 is 0 Å². The topological polar surface area (TPSA) is 111 Å². The molecule has 0 unspecified atom stereocenters. The Kier molecular flexibility index (Phi) is 5.66. The van der Waals surface area contributed by atoms with Crippen molar-refractivity contribution in [2.75, 3.05) is 0 Å². The second-order valence-electron chi connectivity index (χ2n) is 0.589. The Balaban J connectivity index is 0. The lowest BCUT2D eigenvalue weighted by atomic mass is 11.8. The van der Waals surface area contributed by atoms with Gasteiger partial charge in [0.2, 0.25) is 6.72 Å². The molecule has 0 aliphatic carbocycles. The van der Waals surface area contributed by atoms with Crippen molar-refractivity contribution in [3.63, 3.8) is 0 Å². The molecule has 8 heavy (non-hydrogen) atoms. The minimum Gasteiger partial charge on any atom is -0.362 e. The molecule has 7 heteroatoms. The van der Waals surface area contributed by atoms with Crippen LogP contribution in [-0.2, 0) is 10.4 Å². The van der Waals surface area contributed by atoms with E-state index in [1.165, 1.54) is 0 Å². The fourth-order valence-electron chi connectivity index (χ4n) is 0. The Hall–Kier alpha value is -0.750. The first-order valence-corrected chi connectivity index (χ1v) is 2.61. The van der Waals surface area contributed by atoms with Crippen LogP contribution in [0.1, 0.15) is 0 Å². The average molecular weight is 140 g/mol. The van der Waals surface area contributed by atoms with Crippen LogP contribution in [0.4, 0.5) is 0 Å². The van der Waals surface area contributed by atoms with Crippen molar-refractivity contribution in [3.8, 4) is 0 Å². The number of hydrogen-bond donors (Lipinski definition) is 2. The highest BCUT2D eigenvalue weighted by atomic mass is 32.3. The van der Waals surface area contributed by atoms with Gasteiger partial charge in [0.05, 0.1) is 0 Å². The van der Waals surface area contributed by atoms with Crippen molar-refractivity contribution in [2.45, 2.75) is 0 Å². The maximum atomic E-state index is 8.74. The predicted molar refractivity (Wildman–Crippen MR) is 24.9 cm³/mol. The maximum Gasteiger partial charge on any atom is 0.394 e. The van der Waals surface area contributed by atoms with Crippen molar-refractivity contribution in [1.82, 2.24) is 0 Å². The van der Waals surface area contributed by atoms with Crippen LogP contribution in [-0.4, -0.2) is 29.0 Å². The Morgan fingerprint density at radius 1 is 1.50 bits per heavy atom. The second kappa shape index (κ2) is 4.41. The monoisotopic (exact) mass is 140 g/mol. The van der Waals surface area contributed by atoms with Gasteiger partial charge in [0.1, 0.15) is 0 Å². The molecule has 0 amide bonds. The summed E-state index contributed by atoms with van der Waals surface area (Å²) in [7, 11) is -4.67. The molecule has 0 radical (unpaired) electrons. The summed E-state index contributed by atoms with van der Waals surface area (Å²) in [6.07, 6.45) is 0. The van der Waals surface area contributed by atoms with Crippen molar-refractivity contribution < 1.29 is 22.3 Å². The summed E-state index contributed by atoms with van der Waals surface area (Å²) in [5, 5.41) is 0. The lowest BCUT2D eigenvalue weighted by Crippen LogP contribution is -1.89. The lowest BCUT2D eigenvalue weighted by Gasteiger charge is -1.68. The van der Waals surface area contributed by atoms with E-state index in [-0.39, 0.29) is 0 Å². The van der Waals surface area contributed by atoms with Gasteiger partial charge in [-0.25, -0.2) is 0 Å². The highest BCUT2D eigenvalue weighted by Gasteiger charge is 1.84. The SMILES string of the molecule is C=[N+]=[N-].O=S(=O)(O)O. The quantitative estimate of drug-likeness (QED) is 0.200. The molecule has 6 nitrogen and oxygen atoms in total. The molecule has 48 valence electrons. The normalized spacial score (nSPS) is 8.25. The summed E-state index contributed by atoms with van der Waals surface area (Å²) >= 11 is 0. The summed E-state index contributed by atoms with van der Waals surface area (Å²) in [5.74, 6) is 0. The summed E-state index contributed by atoms with van der Waals surface area (Å²) in [6, 6.07) is 0. The minimum atomic E-state index is -4.67. The van der Waals surface area contributed by atoms with Gasteiger partial charge in [0.25, 0.3) is 0 Å². The molecule has 0 aromatic rings. The first-order chi connectivity index (χ1) is 3.41. The molecule has 0 aromatic heterocycles.